The number of hydrogen-bond acceptors (Lipinski definition) is 3. The third kappa shape index (κ3) is 1.82. The summed E-state index contributed by atoms with van der Waals surface area (Å²) in [5, 5.41) is 22.0. The van der Waals surface area contributed by atoms with Crippen LogP contribution in [0.5, 0.6) is 0 Å². The van der Waals surface area contributed by atoms with Crippen LogP contribution in [0.3, 0.4) is 0 Å². The number of nitrogens with one attached hydrogen (secondary N) is 2. The summed E-state index contributed by atoms with van der Waals surface area (Å²) in [6.07, 6.45) is 1.48. The number of fused-ring (bicyclic) bond motifs is 3. The Hall–Kier alpha value is -2.76. The third-order valence-electron chi connectivity index (χ3n) is 3.45. The maximum atomic E-state index is 11.3. The van der Waals surface area contributed by atoms with Crippen molar-refractivity contribution < 1.29 is 19.8 Å². The average Bonchev–Trinajstić information content (AvgIpc) is 2.64. The number of para-hydroxylation sites is 1. The van der Waals surface area contributed by atoms with Crippen molar-refractivity contribution in [3.05, 3.63) is 41.7 Å². The minimum absolute atomic E-state index is 0.0416. The predicted molar refractivity (Wildman–Crippen MR) is 72.2 cm³/mol. The first-order valence-electron chi connectivity index (χ1n) is 6.10. The molecule has 0 bridgehead atoms. The Morgan fingerprint density at radius 3 is 2.65 bits per heavy atom. The molecule has 0 radical (unpaired) electrons. The molecule has 1 aliphatic heterocycles. The minimum atomic E-state index is -1.10. The van der Waals surface area contributed by atoms with Crippen molar-refractivity contribution in [3.63, 3.8) is 0 Å². The van der Waals surface area contributed by atoms with Gasteiger partial charge in [-0.1, -0.05) is 18.2 Å². The molecule has 0 spiro atoms. The second-order valence-electron chi connectivity index (χ2n) is 4.65. The van der Waals surface area contributed by atoms with E-state index in [0.717, 1.165) is 10.9 Å². The highest BCUT2D eigenvalue weighted by Gasteiger charge is 2.28. The van der Waals surface area contributed by atoms with Crippen LogP contribution in [-0.4, -0.2) is 33.2 Å². The highest BCUT2D eigenvalue weighted by molar-refractivity contribution is 6.16. The van der Waals surface area contributed by atoms with Gasteiger partial charge in [-0.25, -0.2) is 9.59 Å². The number of hydrogen-bond donors (Lipinski definition) is 4. The second kappa shape index (κ2) is 4.41. The lowest BCUT2D eigenvalue weighted by atomic mass is 10.0. The molecule has 1 aromatic carbocycles. The van der Waals surface area contributed by atoms with E-state index in [1.54, 1.807) is 0 Å². The van der Waals surface area contributed by atoms with Gasteiger partial charge in [-0.05, 0) is 11.6 Å². The van der Waals surface area contributed by atoms with Crippen LogP contribution in [0.15, 0.2) is 30.5 Å². The zero-order chi connectivity index (χ0) is 14.3. The summed E-state index contributed by atoms with van der Waals surface area (Å²) < 4.78 is 0. The van der Waals surface area contributed by atoms with E-state index in [2.05, 4.69) is 10.3 Å². The number of benzene rings is 1. The molecule has 0 amide bonds. The molecule has 1 atom stereocenters. The SMILES string of the molecule is O=C(O)C1=CNC(C(=O)O)Cc2c1[nH]c1ccccc21. The second-order valence-corrected chi connectivity index (χ2v) is 4.65. The van der Waals surface area contributed by atoms with E-state index >= 15 is 0 Å². The molecular weight excluding hydrogens is 260 g/mol. The van der Waals surface area contributed by atoms with Crippen LogP contribution in [0.2, 0.25) is 0 Å². The molecule has 0 aliphatic carbocycles. The van der Waals surface area contributed by atoms with Crippen LogP contribution >= 0.6 is 0 Å². The lowest BCUT2D eigenvalue weighted by molar-refractivity contribution is -0.139. The van der Waals surface area contributed by atoms with E-state index in [-0.39, 0.29) is 12.0 Å². The molecule has 0 fully saturated rings. The van der Waals surface area contributed by atoms with Gasteiger partial charge in [0.15, 0.2) is 0 Å². The van der Waals surface area contributed by atoms with Crippen molar-refractivity contribution in [2.24, 2.45) is 0 Å². The third-order valence-corrected chi connectivity index (χ3v) is 3.45. The number of aromatic nitrogens is 1. The van der Waals surface area contributed by atoms with Crippen molar-refractivity contribution >= 4 is 28.4 Å². The molecule has 2 aromatic rings. The normalized spacial score (nSPS) is 17.8. The van der Waals surface area contributed by atoms with E-state index in [4.69, 9.17) is 0 Å². The summed E-state index contributed by atoms with van der Waals surface area (Å²) in [6.45, 7) is 0. The van der Waals surface area contributed by atoms with Gasteiger partial charge < -0.3 is 20.5 Å². The van der Waals surface area contributed by atoms with Crippen LogP contribution in [0.25, 0.3) is 16.5 Å². The summed E-state index contributed by atoms with van der Waals surface area (Å²) in [7, 11) is 0. The summed E-state index contributed by atoms with van der Waals surface area (Å²) in [4.78, 5) is 25.6. The molecule has 1 unspecified atom stereocenters. The monoisotopic (exact) mass is 272 g/mol. The van der Waals surface area contributed by atoms with Gasteiger partial charge >= 0.3 is 11.9 Å². The Morgan fingerprint density at radius 1 is 1.20 bits per heavy atom. The number of H-pyrrole nitrogens is 1. The molecule has 20 heavy (non-hydrogen) atoms. The fourth-order valence-electron chi connectivity index (χ4n) is 2.49. The topological polar surface area (TPSA) is 102 Å². The van der Waals surface area contributed by atoms with Gasteiger partial charge in [-0.3, -0.25) is 0 Å². The number of carbonyl (C=O) groups is 2. The lowest BCUT2D eigenvalue weighted by Gasteiger charge is -2.10. The molecule has 6 nitrogen and oxygen atoms in total. The summed E-state index contributed by atoms with van der Waals surface area (Å²) in [5.74, 6) is -2.11. The Labute approximate surface area is 113 Å². The molecule has 6 heteroatoms. The van der Waals surface area contributed by atoms with Crippen molar-refractivity contribution in [1.82, 2.24) is 10.3 Å². The van der Waals surface area contributed by atoms with E-state index in [1.165, 1.54) is 6.20 Å². The molecular formula is C14H12N2O4. The van der Waals surface area contributed by atoms with Gasteiger partial charge in [-0.2, -0.15) is 0 Å². The number of aliphatic carboxylic acids is 2. The van der Waals surface area contributed by atoms with Gasteiger partial charge in [0.1, 0.15) is 6.04 Å². The highest BCUT2D eigenvalue weighted by Crippen LogP contribution is 2.30. The molecule has 0 saturated carbocycles. The number of aromatic amines is 1. The van der Waals surface area contributed by atoms with E-state index < -0.39 is 18.0 Å². The maximum absolute atomic E-state index is 11.3. The van der Waals surface area contributed by atoms with Crippen molar-refractivity contribution in [1.29, 1.82) is 0 Å². The van der Waals surface area contributed by atoms with Crippen LogP contribution in [0.1, 0.15) is 11.3 Å². The Bertz CT molecular complexity index is 745. The highest BCUT2D eigenvalue weighted by atomic mass is 16.4. The van der Waals surface area contributed by atoms with Gasteiger partial charge in [0.05, 0.1) is 11.3 Å². The lowest BCUT2D eigenvalue weighted by Crippen LogP contribution is -2.34. The van der Waals surface area contributed by atoms with Crippen molar-refractivity contribution in [2.45, 2.75) is 12.5 Å². The minimum Gasteiger partial charge on any atom is -0.480 e. The number of carboxylic acid groups (broad SMARTS) is 2. The molecule has 2 heterocycles. The first-order chi connectivity index (χ1) is 9.58. The van der Waals surface area contributed by atoms with Crippen LogP contribution in [0, 0.1) is 0 Å². The van der Waals surface area contributed by atoms with Gasteiger partial charge in [-0.15, -0.1) is 0 Å². The van der Waals surface area contributed by atoms with Crippen molar-refractivity contribution in [2.75, 3.05) is 0 Å². The van der Waals surface area contributed by atoms with Gasteiger partial charge in [0.25, 0.3) is 0 Å². The quantitative estimate of drug-likeness (QED) is 0.657. The van der Waals surface area contributed by atoms with E-state index in [1.807, 2.05) is 24.3 Å². The average molecular weight is 272 g/mol. The number of carboxylic acids is 2. The molecule has 3 rings (SSSR count). The largest absolute Gasteiger partial charge is 0.480 e. The molecule has 1 aromatic heterocycles. The van der Waals surface area contributed by atoms with E-state index in [9.17, 15) is 19.8 Å². The van der Waals surface area contributed by atoms with E-state index in [0.29, 0.717) is 11.3 Å². The molecule has 102 valence electrons. The van der Waals surface area contributed by atoms with Crippen LogP contribution < -0.4 is 5.32 Å². The van der Waals surface area contributed by atoms with Gasteiger partial charge in [0.2, 0.25) is 0 Å². The Morgan fingerprint density at radius 2 is 1.95 bits per heavy atom. The van der Waals surface area contributed by atoms with Gasteiger partial charge in [0, 0.05) is 23.5 Å². The van der Waals surface area contributed by atoms with Crippen LogP contribution in [-0.2, 0) is 16.0 Å². The molecule has 1 aliphatic rings. The Balaban J connectivity index is 2.25. The molecule has 0 saturated heterocycles. The first-order valence-corrected chi connectivity index (χ1v) is 6.10. The predicted octanol–water partition coefficient (Wildman–Crippen LogP) is 1.19. The maximum Gasteiger partial charge on any atom is 0.339 e. The molecule has 4 N–H and O–H groups in total. The fraction of sp³-hybridized carbons (Fsp3) is 0.143. The van der Waals surface area contributed by atoms with Crippen molar-refractivity contribution in [3.8, 4) is 0 Å². The summed E-state index contributed by atoms with van der Waals surface area (Å²) in [6, 6.07) is 6.54. The summed E-state index contributed by atoms with van der Waals surface area (Å²) >= 11 is 0. The zero-order valence-corrected chi connectivity index (χ0v) is 10.4. The zero-order valence-electron chi connectivity index (χ0n) is 10.4. The standard InChI is InChI=1S/C14H12N2O4/c17-13(18)9-6-15-11(14(19)20)5-8-7-3-1-2-4-10(7)16-12(8)9/h1-4,6,11,15-16H,5H2,(H,17,18)(H,19,20). The van der Waals surface area contributed by atoms with Crippen LogP contribution in [0.4, 0.5) is 0 Å². The first kappa shape index (κ1) is 12.3. The fourth-order valence-corrected chi connectivity index (χ4v) is 2.49. The smallest absolute Gasteiger partial charge is 0.339 e. The number of rotatable bonds is 2. The Kier molecular flexibility index (Phi) is 2.71. The summed E-state index contributed by atoms with van der Waals surface area (Å²) in [5.41, 5.74) is 2.03.